The Kier molecular flexibility index (Phi) is 7.57. The highest BCUT2D eigenvalue weighted by Gasteiger charge is 2.57. The van der Waals surface area contributed by atoms with E-state index in [0.717, 1.165) is 5.56 Å². The zero-order chi connectivity index (χ0) is 25.3. The minimum Gasteiger partial charge on any atom is -0.492 e. The van der Waals surface area contributed by atoms with Crippen molar-refractivity contribution in [2.24, 2.45) is 0 Å². The summed E-state index contributed by atoms with van der Waals surface area (Å²) < 4.78 is 39.9. The summed E-state index contributed by atoms with van der Waals surface area (Å²) in [5.41, 5.74) is -0.252. The smallest absolute Gasteiger partial charge is 0.341 e. The molecule has 186 valence electrons. The molecule has 1 fully saturated rings. The molecular weight excluding hydrogens is 470 g/mol. The van der Waals surface area contributed by atoms with Crippen LogP contribution in [0.2, 0.25) is 5.02 Å². The highest BCUT2D eigenvalue weighted by atomic mass is 35.5. The van der Waals surface area contributed by atoms with E-state index < -0.39 is 28.4 Å². The summed E-state index contributed by atoms with van der Waals surface area (Å²) in [6.45, 7) is 6.85. The van der Waals surface area contributed by atoms with Crippen LogP contribution in [-0.2, 0) is 11.3 Å². The van der Waals surface area contributed by atoms with Gasteiger partial charge in [-0.2, -0.15) is 0 Å². The number of carboxylic acids is 1. The molecular formula is C24H29ClF2N2O5. The van der Waals surface area contributed by atoms with Gasteiger partial charge in [0, 0.05) is 50.8 Å². The Morgan fingerprint density at radius 3 is 2.47 bits per heavy atom. The number of nitrogens with zero attached hydrogens (tertiary/aromatic N) is 2. The van der Waals surface area contributed by atoms with Gasteiger partial charge >= 0.3 is 5.97 Å². The van der Waals surface area contributed by atoms with Gasteiger partial charge in [-0.3, -0.25) is 9.47 Å². The standard InChI is InChI=1S/C22H23ClF2N2O5.C2H6/c1-21(11-22(24,25)12-21)27-9-13-6-19(32-5-3-4-31-2)16(23)7-14(13)17-8-18(28)15(20(29)30)10-26(17)27;1-2/h6-8,10H,3-5,9,11-12H2,1-2H3,(H,29,30);1-2H3. The van der Waals surface area contributed by atoms with Crippen molar-refractivity contribution in [1.82, 2.24) is 4.68 Å². The maximum Gasteiger partial charge on any atom is 0.341 e. The molecule has 0 unspecified atom stereocenters. The largest absolute Gasteiger partial charge is 0.492 e. The summed E-state index contributed by atoms with van der Waals surface area (Å²) >= 11 is 6.41. The SMILES string of the molecule is CC.COCCCOc1cc2c(cc1Cl)-c1cc(=O)c(C(=O)O)cn1N(C1(C)CC(F)(F)C1)C2. The lowest BCUT2D eigenvalue weighted by atomic mass is 9.74. The Hall–Kier alpha value is -2.65. The van der Waals surface area contributed by atoms with Crippen LogP contribution in [0, 0.1) is 0 Å². The minimum atomic E-state index is -2.79. The second-order valence-electron chi connectivity index (χ2n) is 8.49. The quantitative estimate of drug-likeness (QED) is 0.544. The average Bonchev–Trinajstić information content (AvgIpc) is 2.76. The van der Waals surface area contributed by atoms with Crippen molar-refractivity contribution < 1.29 is 28.2 Å². The van der Waals surface area contributed by atoms with E-state index in [1.54, 1.807) is 31.2 Å². The molecule has 0 atom stereocenters. The normalized spacial score (nSPS) is 17.0. The molecule has 2 aromatic rings. The third-order valence-electron chi connectivity index (χ3n) is 5.93. The van der Waals surface area contributed by atoms with Crippen LogP contribution in [0.3, 0.4) is 0 Å². The maximum absolute atomic E-state index is 13.8. The Morgan fingerprint density at radius 2 is 1.88 bits per heavy atom. The number of alkyl halides is 2. The Morgan fingerprint density at radius 1 is 1.21 bits per heavy atom. The molecule has 0 spiro atoms. The number of hydrogen-bond donors (Lipinski definition) is 1. The number of halogens is 3. The maximum atomic E-state index is 13.8. The summed E-state index contributed by atoms with van der Waals surface area (Å²) in [6, 6.07) is 4.62. The van der Waals surface area contributed by atoms with Crippen LogP contribution in [-0.4, -0.2) is 47.5 Å². The fourth-order valence-electron chi connectivity index (χ4n) is 4.48. The van der Waals surface area contributed by atoms with Gasteiger partial charge in [-0.1, -0.05) is 25.4 Å². The zero-order valence-electron chi connectivity index (χ0n) is 19.7. The van der Waals surface area contributed by atoms with Crippen LogP contribution in [0.1, 0.15) is 56.0 Å². The van der Waals surface area contributed by atoms with Gasteiger partial charge in [-0.05, 0) is 24.6 Å². The minimum absolute atomic E-state index is 0.225. The summed E-state index contributed by atoms with van der Waals surface area (Å²) in [5.74, 6) is -3.72. The molecule has 34 heavy (non-hydrogen) atoms. The van der Waals surface area contributed by atoms with E-state index in [1.807, 2.05) is 13.8 Å². The van der Waals surface area contributed by atoms with Crippen molar-refractivity contribution in [2.45, 2.75) is 58.0 Å². The number of rotatable bonds is 7. The predicted molar refractivity (Wildman–Crippen MR) is 126 cm³/mol. The van der Waals surface area contributed by atoms with Crippen LogP contribution in [0.15, 0.2) is 29.2 Å². The fraction of sp³-hybridized carbons (Fsp3) is 0.500. The van der Waals surface area contributed by atoms with Crippen molar-refractivity contribution in [3.63, 3.8) is 0 Å². The van der Waals surface area contributed by atoms with Crippen molar-refractivity contribution in [1.29, 1.82) is 0 Å². The molecule has 0 bridgehead atoms. The lowest BCUT2D eigenvalue weighted by Crippen LogP contribution is -2.64. The van der Waals surface area contributed by atoms with Gasteiger partial charge in [0.2, 0.25) is 0 Å². The van der Waals surface area contributed by atoms with E-state index in [-0.39, 0.29) is 19.4 Å². The number of carbonyl (C=O) groups is 1. The van der Waals surface area contributed by atoms with Crippen LogP contribution >= 0.6 is 11.6 Å². The number of aromatic carboxylic acids is 1. The molecule has 0 saturated heterocycles. The van der Waals surface area contributed by atoms with Gasteiger partial charge in [0.1, 0.15) is 11.3 Å². The third-order valence-corrected chi connectivity index (χ3v) is 6.22. The van der Waals surface area contributed by atoms with Gasteiger partial charge < -0.3 is 19.6 Å². The number of carboxylic acid groups (broad SMARTS) is 1. The summed E-state index contributed by atoms with van der Waals surface area (Å²) in [5, 5.41) is 11.4. The summed E-state index contributed by atoms with van der Waals surface area (Å²) in [6.07, 6.45) is 1.11. The van der Waals surface area contributed by atoms with Crippen molar-refractivity contribution in [2.75, 3.05) is 25.3 Å². The number of hydrogen-bond acceptors (Lipinski definition) is 5. The number of ether oxygens (including phenoxy) is 2. The molecule has 1 saturated carbocycles. The molecule has 1 aliphatic carbocycles. The number of benzene rings is 1. The van der Waals surface area contributed by atoms with Gasteiger partial charge in [0.05, 0.1) is 29.4 Å². The molecule has 10 heteroatoms. The van der Waals surface area contributed by atoms with Crippen molar-refractivity contribution >= 4 is 17.6 Å². The molecule has 7 nitrogen and oxygen atoms in total. The molecule has 0 radical (unpaired) electrons. The summed E-state index contributed by atoms with van der Waals surface area (Å²) in [7, 11) is 1.60. The molecule has 1 aliphatic heterocycles. The molecule has 2 aliphatic rings. The fourth-order valence-corrected chi connectivity index (χ4v) is 4.70. The number of pyridine rings is 1. The number of fused-ring (bicyclic) bond motifs is 3. The third kappa shape index (κ3) is 4.90. The van der Waals surface area contributed by atoms with Gasteiger partial charge in [-0.25, -0.2) is 13.6 Å². The van der Waals surface area contributed by atoms with E-state index >= 15 is 0 Å². The van der Waals surface area contributed by atoms with Gasteiger partial charge in [-0.15, -0.1) is 0 Å². The first-order valence-electron chi connectivity index (χ1n) is 11.1. The molecule has 1 aromatic heterocycles. The first kappa shape index (κ1) is 26.0. The van der Waals surface area contributed by atoms with Crippen molar-refractivity contribution in [3.8, 4) is 17.0 Å². The molecule has 4 rings (SSSR count). The van der Waals surface area contributed by atoms with Crippen LogP contribution in [0.4, 0.5) is 8.78 Å². The van der Waals surface area contributed by atoms with E-state index in [2.05, 4.69) is 0 Å². The predicted octanol–water partition coefficient (Wildman–Crippen LogP) is 4.95. The zero-order valence-corrected chi connectivity index (χ0v) is 20.4. The first-order chi connectivity index (χ1) is 16.0. The Bertz CT molecular complexity index is 1130. The lowest BCUT2D eigenvalue weighted by molar-refractivity contribution is -0.125. The van der Waals surface area contributed by atoms with Crippen molar-refractivity contribution in [3.05, 3.63) is 50.8 Å². The Labute approximate surface area is 201 Å². The second-order valence-corrected chi connectivity index (χ2v) is 8.89. The van der Waals surface area contributed by atoms with Crippen LogP contribution in [0.25, 0.3) is 11.3 Å². The number of aromatic nitrogens is 1. The topological polar surface area (TPSA) is 81.0 Å². The molecule has 1 aromatic carbocycles. The highest BCUT2D eigenvalue weighted by Crippen LogP contribution is 2.50. The van der Waals surface area contributed by atoms with Gasteiger partial charge in [0.15, 0.2) is 5.43 Å². The lowest BCUT2D eigenvalue weighted by Gasteiger charge is -2.54. The first-order valence-corrected chi connectivity index (χ1v) is 11.5. The summed E-state index contributed by atoms with van der Waals surface area (Å²) in [4.78, 5) is 24.0. The molecule has 0 amide bonds. The van der Waals surface area contributed by atoms with Crippen LogP contribution < -0.4 is 15.2 Å². The van der Waals surface area contributed by atoms with Gasteiger partial charge in [0.25, 0.3) is 5.92 Å². The molecule has 2 heterocycles. The van der Waals surface area contributed by atoms with E-state index in [9.17, 15) is 23.5 Å². The van der Waals surface area contributed by atoms with E-state index in [4.69, 9.17) is 21.1 Å². The number of methoxy groups -OCH3 is 1. The average molecular weight is 499 g/mol. The monoisotopic (exact) mass is 498 g/mol. The second kappa shape index (κ2) is 9.92. The van der Waals surface area contributed by atoms with Crippen LogP contribution in [0.5, 0.6) is 5.75 Å². The van der Waals surface area contributed by atoms with E-state index in [0.29, 0.717) is 41.7 Å². The highest BCUT2D eigenvalue weighted by molar-refractivity contribution is 6.32. The Balaban J connectivity index is 0.00000158. The van der Waals surface area contributed by atoms with E-state index in [1.165, 1.54) is 16.9 Å². The molecule has 1 N–H and O–H groups in total.